The fraction of sp³-hybridized carbons (Fsp3) is 0.348. The highest BCUT2D eigenvalue weighted by molar-refractivity contribution is 7.99. The molecule has 6 nitrogen and oxygen atoms in total. The minimum atomic E-state index is -2.53. The van der Waals surface area contributed by atoms with Gasteiger partial charge in [0.1, 0.15) is 5.75 Å². The third-order valence-corrected chi connectivity index (χ3v) is 6.76. The highest BCUT2D eigenvalue weighted by Gasteiger charge is 2.14. The summed E-state index contributed by atoms with van der Waals surface area (Å²) in [7, 11) is 1.45. The highest BCUT2D eigenvalue weighted by atomic mass is 32.2. The molecule has 0 aliphatic rings. The number of rotatable bonds is 12. The normalized spacial score (nSPS) is 11.3. The first-order valence-electron chi connectivity index (χ1n) is 10.4. The lowest BCUT2D eigenvalue weighted by molar-refractivity contribution is -0.118. The predicted octanol–water partition coefficient (Wildman–Crippen LogP) is 5.06. The number of methoxy groups -OCH3 is 1. The number of hydrogen-bond donors (Lipinski definition) is 1. The Morgan fingerprint density at radius 3 is 2.70 bits per heavy atom. The molecule has 3 rings (SSSR count). The number of aromatic nitrogens is 2. The first kappa shape index (κ1) is 25.0. The Bertz CT molecular complexity index is 1170. The molecule has 0 aliphatic heterocycles. The third kappa shape index (κ3) is 6.94. The van der Waals surface area contributed by atoms with Gasteiger partial charge in [-0.15, -0.1) is 0 Å². The summed E-state index contributed by atoms with van der Waals surface area (Å²) in [6.45, 7) is 0.477. The van der Waals surface area contributed by atoms with Gasteiger partial charge >= 0.3 is 0 Å². The van der Waals surface area contributed by atoms with Crippen molar-refractivity contribution in [3.8, 4) is 5.75 Å². The Morgan fingerprint density at radius 2 is 1.97 bits per heavy atom. The number of carbonyl (C=O) groups excluding carboxylic acids is 1. The van der Waals surface area contributed by atoms with Gasteiger partial charge in [0.05, 0.1) is 22.9 Å². The second kappa shape index (κ2) is 12.0. The van der Waals surface area contributed by atoms with Gasteiger partial charge in [-0.2, -0.15) is 8.78 Å². The smallest absolute Gasteiger partial charge is 0.289 e. The summed E-state index contributed by atoms with van der Waals surface area (Å²) in [6, 6.07) is 12.3. The molecule has 0 saturated heterocycles. The van der Waals surface area contributed by atoms with Crippen LogP contribution in [-0.2, 0) is 17.1 Å². The van der Waals surface area contributed by atoms with Gasteiger partial charge in [-0.1, -0.05) is 48.1 Å². The van der Waals surface area contributed by atoms with Crippen LogP contribution in [-0.4, -0.2) is 28.3 Å². The molecule has 2 N–H and O–H groups in total. The van der Waals surface area contributed by atoms with Crippen molar-refractivity contribution in [1.29, 1.82) is 0 Å². The largest absolute Gasteiger partial charge is 0.496 e. The van der Waals surface area contributed by atoms with E-state index in [0.717, 1.165) is 12.0 Å². The maximum Gasteiger partial charge on any atom is 0.289 e. The number of benzene rings is 2. The van der Waals surface area contributed by atoms with E-state index < -0.39 is 5.76 Å². The number of para-hydroxylation sites is 1. The maximum atomic E-state index is 13.1. The number of primary amides is 1. The molecule has 33 heavy (non-hydrogen) atoms. The average molecular weight is 494 g/mol. The fourth-order valence-corrected chi connectivity index (χ4v) is 4.91. The van der Waals surface area contributed by atoms with Crippen LogP contribution in [0.3, 0.4) is 0 Å². The Morgan fingerprint density at radius 1 is 1.18 bits per heavy atom. The van der Waals surface area contributed by atoms with E-state index in [-0.39, 0.29) is 11.5 Å². The standard InChI is InChI=1S/C23H25F2N3O3S2/c1-31-18-13-15(10-11-19(18)33-22(24)25)14-32-23-27-17-8-5-4-7-16(17)21(30)28(23)12-6-2-3-9-20(26)29/h4-5,7-8,10-11,13,22H,2-3,6,9,12,14H2,1H3,(H2,26,29). The van der Waals surface area contributed by atoms with E-state index in [2.05, 4.69) is 0 Å². The fourth-order valence-electron chi connectivity index (χ4n) is 3.34. The van der Waals surface area contributed by atoms with Crippen molar-refractivity contribution in [2.24, 2.45) is 5.73 Å². The maximum absolute atomic E-state index is 13.1. The molecule has 0 spiro atoms. The van der Waals surface area contributed by atoms with Gasteiger partial charge < -0.3 is 10.5 Å². The van der Waals surface area contributed by atoms with Crippen LogP contribution in [0.15, 0.2) is 57.3 Å². The predicted molar refractivity (Wildman–Crippen MR) is 128 cm³/mol. The van der Waals surface area contributed by atoms with Crippen LogP contribution in [0, 0.1) is 0 Å². The van der Waals surface area contributed by atoms with Crippen molar-refractivity contribution in [2.45, 2.75) is 53.8 Å². The number of nitrogens with zero attached hydrogens (tertiary/aromatic N) is 2. The van der Waals surface area contributed by atoms with E-state index >= 15 is 0 Å². The quantitative estimate of drug-likeness (QED) is 0.216. The minimum absolute atomic E-state index is 0.112. The lowest BCUT2D eigenvalue weighted by Gasteiger charge is -2.14. The Balaban J connectivity index is 1.81. The topological polar surface area (TPSA) is 87.2 Å². The van der Waals surface area contributed by atoms with Crippen LogP contribution in [0.25, 0.3) is 10.9 Å². The van der Waals surface area contributed by atoms with E-state index in [9.17, 15) is 18.4 Å². The summed E-state index contributed by atoms with van der Waals surface area (Å²) in [5.41, 5.74) is 6.57. The molecule has 2 aromatic carbocycles. The lowest BCUT2D eigenvalue weighted by Crippen LogP contribution is -2.23. The van der Waals surface area contributed by atoms with Crippen molar-refractivity contribution in [3.63, 3.8) is 0 Å². The summed E-state index contributed by atoms with van der Waals surface area (Å²) < 4.78 is 32.4. The van der Waals surface area contributed by atoms with Gasteiger partial charge in [0.2, 0.25) is 5.91 Å². The Kier molecular flexibility index (Phi) is 9.13. The van der Waals surface area contributed by atoms with Crippen LogP contribution in [0.1, 0.15) is 31.2 Å². The summed E-state index contributed by atoms with van der Waals surface area (Å²) in [6.07, 6.45) is 2.49. The van der Waals surface area contributed by atoms with Gasteiger partial charge in [-0.05, 0) is 42.7 Å². The number of thioether (sulfide) groups is 2. The molecule has 1 aromatic heterocycles. The van der Waals surface area contributed by atoms with Crippen molar-refractivity contribution in [1.82, 2.24) is 9.55 Å². The van der Waals surface area contributed by atoms with Gasteiger partial charge in [-0.3, -0.25) is 14.2 Å². The molecule has 0 bridgehead atoms. The van der Waals surface area contributed by atoms with Crippen molar-refractivity contribution < 1.29 is 18.3 Å². The van der Waals surface area contributed by atoms with Crippen LogP contribution < -0.4 is 16.0 Å². The molecular weight excluding hydrogens is 468 g/mol. The molecule has 0 radical (unpaired) electrons. The zero-order valence-electron chi connectivity index (χ0n) is 18.1. The highest BCUT2D eigenvalue weighted by Crippen LogP contribution is 2.35. The molecule has 1 heterocycles. The number of ether oxygens (including phenoxy) is 1. The first-order chi connectivity index (χ1) is 15.9. The monoisotopic (exact) mass is 493 g/mol. The molecule has 0 aliphatic carbocycles. The zero-order chi connectivity index (χ0) is 23.8. The number of unbranched alkanes of at least 4 members (excludes halogenated alkanes) is 2. The van der Waals surface area contributed by atoms with Crippen LogP contribution in [0.5, 0.6) is 5.75 Å². The van der Waals surface area contributed by atoms with E-state index in [4.69, 9.17) is 15.5 Å². The van der Waals surface area contributed by atoms with Gasteiger partial charge in [0.15, 0.2) is 5.16 Å². The van der Waals surface area contributed by atoms with E-state index in [0.29, 0.717) is 70.0 Å². The number of carbonyl (C=O) groups is 1. The summed E-state index contributed by atoms with van der Waals surface area (Å²) in [4.78, 5) is 29.1. The van der Waals surface area contributed by atoms with Crippen LogP contribution >= 0.6 is 23.5 Å². The summed E-state index contributed by atoms with van der Waals surface area (Å²) >= 11 is 1.85. The number of nitrogens with two attached hydrogens (primary N) is 1. The van der Waals surface area contributed by atoms with Crippen LogP contribution in [0.2, 0.25) is 0 Å². The second-order valence-electron chi connectivity index (χ2n) is 7.30. The summed E-state index contributed by atoms with van der Waals surface area (Å²) in [5.74, 6) is -1.98. The van der Waals surface area contributed by atoms with Gasteiger partial charge in [0.25, 0.3) is 11.3 Å². The molecule has 1 amide bonds. The lowest BCUT2D eigenvalue weighted by atomic mass is 10.2. The molecular formula is C23H25F2N3O3S2. The Labute approximate surface area is 198 Å². The van der Waals surface area contributed by atoms with Gasteiger partial charge in [0, 0.05) is 18.7 Å². The molecule has 0 unspecified atom stereocenters. The number of alkyl halides is 2. The van der Waals surface area contributed by atoms with Gasteiger partial charge in [-0.25, -0.2) is 4.98 Å². The van der Waals surface area contributed by atoms with Crippen molar-refractivity contribution in [3.05, 3.63) is 58.4 Å². The van der Waals surface area contributed by atoms with Crippen molar-refractivity contribution in [2.75, 3.05) is 7.11 Å². The number of halogens is 2. The average Bonchev–Trinajstić information content (AvgIpc) is 2.79. The first-order valence-corrected chi connectivity index (χ1v) is 12.3. The number of fused-ring (bicyclic) bond motifs is 1. The summed E-state index contributed by atoms with van der Waals surface area (Å²) in [5, 5.41) is 1.13. The molecule has 0 saturated carbocycles. The number of hydrogen-bond acceptors (Lipinski definition) is 6. The Hall–Kier alpha value is -2.59. The van der Waals surface area contributed by atoms with E-state index in [1.165, 1.54) is 18.9 Å². The van der Waals surface area contributed by atoms with Crippen molar-refractivity contribution >= 4 is 40.3 Å². The SMILES string of the molecule is COc1cc(CSc2nc3ccccc3c(=O)n2CCCCCC(N)=O)ccc1SC(F)F. The van der Waals surface area contributed by atoms with E-state index in [1.807, 2.05) is 6.07 Å². The molecule has 176 valence electrons. The molecule has 0 atom stereocenters. The third-order valence-electron chi connectivity index (χ3n) is 4.94. The molecule has 10 heteroatoms. The molecule has 3 aromatic rings. The minimum Gasteiger partial charge on any atom is -0.496 e. The van der Waals surface area contributed by atoms with E-state index in [1.54, 1.807) is 41.0 Å². The zero-order valence-corrected chi connectivity index (χ0v) is 19.8. The molecule has 0 fully saturated rings. The van der Waals surface area contributed by atoms with Crippen LogP contribution in [0.4, 0.5) is 8.78 Å². The second-order valence-corrected chi connectivity index (χ2v) is 9.27. The number of amides is 1.